The predicted octanol–water partition coefficient (Wildman–Crippen LogP) is 3.25. The molecule has 0 amide bonds. The Bertz CT molecular complexity index is 59.0. The molecule has 0 aliphatic carbocycles. The third-order valence-electron chi connectivity index (χ3n) is 1.93. The third kappa shape index (κ3) is 3.14. The molecular weight excluding hydrogens is 128 g/mol. The van der Waals surface area contributed by atoms with E-state index in [1.54, 1.807) is 0 Å². The first-order chi connectivity index (χ1) is 4.09. The average Bonchev–Trinajstić information content (AvgIpc) is 1.64. The van der Waals surface area contributed by atoms with Gasteiger partial charge in [-0.3, -0.25) is 0 Å². The van der Waals surface area contributed by atoms with Crippen LogP contribution in [0.15, 0.2) is 0 Å². The highest BCUT2D eigenvalue weighted by Gasteiger charge is 2.15. The summed E-state index contributed by atoms with van der Waals surface area (Å²) in [5.41, 5.74) is 0. The molecule has 0 aromatic rings. The lowest BCUT2D eigenvalue weighted by atomic mass is 9.91. The molecule has 0 aromatic heterocycles. The molecule has 0 heterocycles. The van der Waals surface area contributed by atoms with Gasteiger partial charge in [0, 0.05) is 5.25 Å². The van der Waals surface area contributed by atoms with Crippen LogP contribution >= 0.6 is 12.6 Å². The second-order valence-electron chi connectivity index (χ2n) is 3.02. The molecule has 0 rings (SSSR count). The molecule has 1 heteroatoms. The first-order valence-electron chi connectivity index (χ1n) is 3.75. The van der Waals surface area contributed by atoms with Gasteiger partial charge in [-0.2, -0.15) is 0 Å². The molecule has 0 N–H and O–H groups in total. The van der Waals surface area contributed by atoms with Gasteiger partial charge in [0.2, 0.25) is 0 Å². The van der Waals surface area contributed by atoms with E-state index in [-0.39, 0.29) is 0 Å². The van der Waals surface area contributed by atoms with Gasteiger partial charge in [-0.1, -0.05) is 46.7 Å². The zero-order chi connectivity index (χ0) is 7.44. The van der Waals surface area contributed by atoms with Gasteiger partial charge in [0.25, 0.3) is 0 Å². The Kier molecular flexibility index (Phi) is 4.37. The summed E-state index contributed by atoms with van der Waals surface area (Å²) >= 11 is 5.18. The van der Waals surface area contributed by atoms with Gasteiger partial charge in [0.1, 0.15) is 0 Å². The van der Waals surface area contributed by atoms with Crippen molar-refractivity contribution in [2.75, 3.05) is 0 Å². The average molecular weight is 145 g/mol. The van der Waals surface area contributed by atoms with Crippen LogP contribution < -0.4 is 0 Å². The minimum Gasteiger partial charge on any atom is -0.0904 e. The molecule has 0 aliphatic heterocycles. The second kappa shape index (κ2) is 4.21. The lowest BCUT2D eigenvalue weighted by molar-refractivity contribution is 0.372. The highest BCUT2D eigenvalue weighted by Crippen LogP contribution is 2.22. The minimum atomic E-state index is 0.440. The summed E-state index contributed by atoms with van der Waals surface area (Å²) in [6, 6.07) is 0. The fourth-order valence-corrected chi connectivity index (χ4v) is 1.85. The topological polar surface area (TPSA) is 0 Å². The van der Waals surface area contributed by atoms with E-state index in [9.17, 15) is 0 Å². The monoisotopic (exact) mass is 145 g/mol. The molecule has 9 heavy (non-hydrogen) atoms. The van der Waals surface area contributed by atoms with Crippen molar-refractivity contribution in [2.24, 2.45) is 11.8 Å². The first-order valence-corrected chi connectivity index (χ1v) is 4.22. The van der Waals surface area contributed by atoms with Gasteiger partial charge in [-0.05, 0) is 11.8 Å². The first kappa shape index (κ1) is 9.35. The molecule has 2 atom stereocenters. The van der Waals surface area contributed by atoms with E-state index in [1.807, 2.05) is 0 Å². The summed E-state index contributed by atoms with van der Waals surface area (Å²) in [6.07, 6.45) is 1.22. The van der Waals surface area contributed by atoms with Gasteiger partial charge in [-0.25, -0.2) is 0 Å². The molecule has 0 aromatic carbocycles. The van der Waals surface area contributed by atoms with Gasteiger partial charge < -0.3 is 0 Å². The molecule has 2 unspecified atom stereocenters. The van der Waals surface area contributed by atoms with Crippen molar-refractivity contribution in [3.05, 3.63) is 0 Å². The molecule has 55 valence electrons. The van der Waals surface area contributed by atoms with Crippen LogP contribution in [-0.2, 0) is 0 Å². The van der Waals surface area contributed by atoms with E-state index in [4.69, 9.17) is 12.6 Å². The van der Waals surface area contributed by atoms with Crippen molar-refractivity contribution in [1.29, 1.82) is 0 Å². The summed E-state index contributed by atoms with van der Waals surface area (Å²) in [5.74, 6) is 1.49. The van der Waals surface area contributed by atoms with Gasteiger partial charge in [0.15, 0.2) is 0 Å². The van der Waals surface area contributed by atoms with E-state index < -0.39 is 0 Å². The Hall–Kier alpha value is 0.350. The Balaban J connectivity index is 3.68. The number of hydrogen-bond donors (Lipinski definition) is 0. The molecule has 0 saturated heterocycles. The summed E-state index contributed by atoms with van der Waals surface area (Å²) in [7, 11) is 0. The van der Waals surface area contributed by atoms with Crippen LogP contribution in [0.1, 0.15) is 34.1 Å². The fourth-order valence-electron chi connectivity index (χ4n) is 1.35. The maximum absolute atomic E-state index is 5.18. The summed E-state index contributed by atoms with van der Waals surface area (Å²) in [5, 5.41) is 0.440. The maximum Gasteiger partial charge on any atom is 0.0153 e. The maximum atomic E-state index is 5.18. The molecule has 0 nitrogen and oxygen atoms in total. The molecule has 0 spiro atoms. The van der Waals surface area contributed by atoms with Crippen LogP contribution in [0.25, 0.3) is 0 Å². The zero-order valence-corrected chi connectivity index (χ0v) is 7.66. The molecular formula is C8H17S. The third-order valence-corrected chi connectivity index (χ3v) is 2.28. The normalized spacial score (nSPS) is 18.0. The van der Waals surface area contributed by atoms with Crippen LogP contribution in [0.2, 0.25) is 0 Å². The molecule has 0 bridgehead atoms. The van der Waals surface area contributed by atoms with Crippen molar-refractivity contribution in [3.8, 4) is 0 Å². The molecule has 0 saturated carbocycles. The van der Waals surface area contributed by atoms with Crippen molar-refractivity contribution in [1.82, 2.24) is 0 Å². The minimum absolute atomic E-state index is 0.440. The number of rotatable bonds is 3. The van der Waals surface area contributed by atoms with Crippen molar-refractivity contribution in [3.63, 3.8) is 0 Å². The lowest BCUT2D eigenvalue weighted by Crippen LogP contribution is -2.16. The Morgan fingerprint density at radius 3 is 1.67 bits per heavy atom. The van der Waals surface area contributed by atoms with Crippen LogP contribution in [0.5, 0.6) is 0 Å². The van der Waals surface area contributed by atoms with E-state index in [1.165, 1.54) is 6.42 Å². The summed E-state index contributed by atoms with van der Waals surface area (Å²) in [6.45, 7) is 8.84. The summed E-state index contributed by atoms with van der Waals surface area (Å²) < 4.78 is 0. The Morgan fingerprint density at radius 1 is 1.22 bits per heavy atom. The quantitative estimate of drug-likeness (QED) is 0.572. The van der Waals surface area contributed by atoms with E-state index in [0.717, 1.165) is 11.8 Å². The van der Waals surface area contributed by atoms with Crippen molar-refractivity contribution in [2.45, 2.75) is 39.4 Å². The molecule has 0 aliphatic rings. The van der Waals surface area contributed by atoms with Crippen LogP contribution in [0.4, 0.5) is 0 Å². The summed E-state index contributed by atoms with van der Waals surface area (Å²) in [4.78, 5) is 0. The van der Waals surface area contributed by atoms with Gasteiger partial charge in [-0.15, -0.1) is 0 Å². The highest BCUT2D eigenvalue weighted by atomic mass is 32.1. The lowest BCUT2D eigenvalue weighted by Gasteiger charge is -2.21. The largest absolute Gasteiger partial charge is 0.0904 e. The fraction of sp³-hybridized carbons (Fsp3) is 1.00. The van der Waals surface area contributed by atoms with Crippen LogP contribution in [0.3, 0.4) is 0 Å². The second-order valence-corrected chi connectivity index (χ2v) is 3.76. The SMILES string of the molecule is CCC(C(C)C)C(C)[S]. The number of hydrogen-bond acceptors (Lipinski definition) is 0. The van der Waals surface area contributed by atoms with E-state index in [2.05, 4.69) is 27.7 Å². The highest BCUT2D eigenvalue weighted by molar-refractivity contribution is 7.80. The van der Waals surface area contributed by atoms with Crippen LogP contribution in [-0.4, -0.2) is 5.25 Å². The van der Waals surface area contributed by atoms with Gasteiger partial charge in [0.05, 0.1) is 0 Å². The van der Waals surface area contributed by atoms with Crippen LogP contribution in [0, 0.1) is 11.8 Å². The van der Waals surface area contributed by atoms with Crippen molar-refractivity contribution < 1.29 is 0 Å². The Morgan fingerprint density at radius 2 is 1.67 bits per heavy atom. The van der Waals surface area contributed by atoms with Crippen molar-refractivity contribution >= 4 is 12.6 Å². The molecule has 1 radical (unpaired) electrons. The zero-order valence-electron chi connectivity index (χ0n) is 6.85. The Labute approximate surface area is 64.4 Å². The predicted molar refractivity (Wildman–Crippen MR) is 45.7 cm³/mol. The van der Waals surface area contributed by atoms with E-state index >= 15 is 0 Å². The smallest absolute Gasteiger partial charge is 0.0153 e. The van der Waals surface area contributed by atoms with E-state index in [0.29, 0.717) is 5.25 Å². The van der Waals surface area contributed by atoms with Gasteiger partial charge >= 0.3 is 0 Å². The molecule has 0 fully saturated rings. The standard InChI is InChI=1S/C8H17S/c1-5-8(6(2)3)7(4)9/h6-8H,5H2,1-4H3.